The summed E-state index contributed by atoms with van der Waals surface area (Å²) in [5.74, 6) is -2.13. The fraction of sp³-hybridized carbons (Fsp3) is 0.133. The van der Waals surface area contributed by atoms with Crippen molar-refractivity contribution in [2.24, 2.45) is 0 Å². The lowest BCUT2D eigenvalue weighted by Gasteiger charge is -2.13. The zero-order valence-electron chi connectivity index (χ0n) is 12.2. The number of halogens is 5. The average molecular weight is 363 g/mol. The van der Waals surface area contributed by atoms with Gasteiger partial charge in [-0.25, -0.2) is 4.39 Å². The molecule has 0 aliphatic heterocycles. The summed E-state index contributed by atoms with van der Waals surface area (Å²) < 4.78 is 56.4. The highest BCUT2D eigenvalue weighted by Gasteiger charge is 2.34. The summed E-state index contributed by atoms with van der Waals surface area (Å²) in [6.45, 7) is 0. The number of nitrogens with two attached hydrogens (primary N) is 1. The lowest BCUT2D eigenvalue weighted by Crippen LogP contribution is -2.15. The van der Waals surface area contributed by atoms with E-state index in [4.69, 9.17) is 22.1 Å². The second-order valence-electron chi connectivity index (χ2n) is 4.72. The highest BCUT2D eigenvalue weighted by Crippen LogP contribution is 2.34. The van der Waals surface area contributed by atoms with E-state index in [9.17, 15) is 22.4 Å². The third-order valence-electron chi connectivity index (χ3n) is 3.09. The molecule has 128 valence electrons. The molecule has 24 heavy (non-hydrogen) atoms. The lowest BCUT2D eigenvalue weighted by molar-refractivity contribution is -0.139. The van der Waals surface area contributed by atoms with Crippen LogP contribution in [0.4, 0.5) is 28.9 Å². The normalized spacial score (nSPS) is 11.2. The molecule has 2 aromatic rings. The number of carbonyl (C=O) groups is 1. The van der Waals surface area contributed by atoms with Gasteiger partial charge in [0.05, 0.1) is 28.9 Å². The minimum absolute atomic E-state index is 0.0328. The first-order valence-electron chi connectivity index (χ1n) is 6.44. The Kier molecular flexibility index (Phi) is 4.88. The second kappa shape index (κ2) is 6.56. The van der Waals surface area contributed by atoms with Crippen molar-refractivity contribution in [1.82, 2.24) is 0 Å². The molecule has 0 saturated heterocycles. The number of ether oxygens (including phenoxy) is 1. The maximum Gasteiger partial charge on any atom is 0.419 e. The molecule has 3 N–H and O–H groups in total. The quantitative estimate of drug-likeness (QED) is 0.630. The predicted octanol–water partition coefficient (Wildman–Crippen LogP) is 4.34. The Morgan fingerprint density at radius 1 is 1.25 bits per heavy atom. The van der Waals surface area contributed by atoms with Crippen molar-refractivity contribution in [3.8, 4) is 5.75 Å². The van der Waals surface area contributed by atoms with Gasteiger partial charge in [0.15, 0.2) is 0 Å². The number of alkyl halides is 3. The van der Waals surface area contributed by atoms with E-state index in [-0.39, 0.29) is 27.7 Å². The van der Waals surface area contributed by atoms with Gasteiger partial charge in [-0.3, -0.25) is 4.79 Å². The Morgan fingerprint density at radius 2 is 1.92 bits per heavy atom. The number of nitrogens with one attached hydrogen (secondary N) is 1. The van der Waals surface area contributed by atoms with E-state index in [0.29, 0.717) is 12.1 Å². The van der Waals surface area contributed by atoms with Crippen LogP contribution in [0.5, 0.6) is 5.75 Å². The monoisotopic (exact) mass is 362 g/mol. The van der Waals surface area contributed by atoms with Crippen LogP contribution in [-0.4, -0.2) is 13.0 Å². The van der Waals surface area contributed by atoms with Crippen LogP contribution in [0, 0.1) is 5.82 Å². The van der Waals surface area contributed by atoms with E-state index in [1.807, 2.05) is 0 Å². The molecule has 0 saturated carbocycles. The number of rotatable bonds is 3. The van der Waals surface area contributed by atoms with Crippen molar-refractivity contribution in [3.63, 3.8) is 0 Å². The van der Waals surface area contributed by atoms with E-state index in [2.05, 4.69) is 5.32 Å². The molecule has 0 unspecified atom stereocenters. The van der Waals surface area contributed by atoms with Crippen molar-refractivity contribution in [1.29, 1.82) is 0 Å². The lowest BCUT2D eigenvalue weighted by atomic mass is 10.1. The molecular formula is C15H11ClF4N2O2. The van der Waals surface area contributed by atoms with Crippen LogP contribution in [0.3, 0.4) is 0 Å². The van der Waals surface area contributed by atoms with Gasteiger partial charge in [0.1, 0.15) is 11.6 Å². The minimum Gasteiger partial charge on any atom is -0.496 e. The SMILES string of the molecule is COc1cc(N)c(Cl)cc1C(=O)Nc1ccc(F)c(C(F)(F)F)c1. The number of methoxy groups -OCH3 is 1. The van der Waals surface area contributed by atoms with Crippen LogP contribution in [-0.2, 0) is 6.18 Å². The molecule has 1 amide bonds. The van der Waals surface area contributed by atoms with Gasteiger partial charge in [-0.2, -0.15) is 13.2 Å². The molecule has 0 spiro atoms. The van der Waals surface area contributed by atoms with E-state index >= 15 is 0 Å². The molecule has 0 bridgehead atoms. The number of hydrogen-bond acceptors (Lipinski definition) is 3. The number of anilines is 2. The molecule has 2 aromatic carbocycles. The van der Waals surface area contributed by atoms with Crippen LogP contribution in [0.1, 0.15) is 15.9 Å². The largest absolute Gasteiger partial charge is 0.496 e. The van der Waals surface area contributed by atoms with Gasteiger partial charge in [-0.1, -0.05) is 11.6 Å². The first-order chi connectivity index (χ1) is 11.1. The fourth-order valence-electron chi connectivity index (χ4n) is 1.93. The Hall–Kier alpha value is -2.48. The van der Waals surface area contributed by atoms with E-state index < -0.39 is 23.5 Å². The van der Waals surface area contributed by atoms with Gasteiger partial charge >= 0.3 is 6.18 Å². The summed E-state index contributed by atoms with van der Waals surface area (Å²) >= 11 is 5.84. The van der Waals surface area contributed by atoms with Crippen molar-refractivity contribution in [2.75, 3.05) is 18.2 Å². The highest BCUT2D eigenvalue weighted by molar-refractivity contribution is 6.33. The van der Waals surface area contributed by atoms with Crippen LogP contribution >= 0.6 is 11.6 Å². The molecule has 0 radical (unpaired) electrons. The van der Waals surface area contributed by atoms with Crippen LogP contribution < -0.4 is 15.8 Å². The third kappa shape index (κ3) is 3.70. The smallest absolute Gasteiger partial charge is 0.419 e. The summed E-state index contributed by atoms with van der Waals surface area (Å²) in [6, 6.07) is 4.65. The van der Waals surface area contributed by atoms with E-state index in [1.165, 1.54) is 19.2 Å². The minimum atomic E-state index is -4.88. The first-order valence-corrected chi connectivity index (χ1v) is 6.82. The number of hydrogen-bond donors (Lipinski definition) is 2. The zero-order chi connectivity index (χ0) is 18.1. The maximum absolute atomic E-state index is 13.3. The highest BCUT2D eigenvalue weighted by atomic mass is 35.5. The molecular weight excluding hydrogens is 352 g/mol. The van der Waals surface area contributed by atoms with Crippen LogP contribution in [0.15, 0.2) is 30.3 Å². The number of carbonyl (C=O) groups excluding carboxylic acids is 1. The summed E-state index contributed by atoms with van der Waals surface area (Å²) in [5.41, 5.74) is 4.02. The summed E-state index contributed by atoms with van der Waals surface area (Å²) in [6.07, 6.45) is -4.88. The van der Waals surface area contributed by atoms with Gasteiger partial charge < -0.3 is 15.8 Å². The van der Waals surface area contributed by atoms with Gasteiger partial charge in [0.2, 0.25) is 0 Å². The molecule has 0 aromatic heterocycles. The summed E-state index contributed by atoms with van der Waals surface area (Å²) in [4.78, 5) is 12.2. The van der Waals surface area contributed by atoms with Crippen molar-refractivity contribution < 1.29 is 27.1 Å². The average Bonchev–Trinajstić information content (AvgIpc) is 2.50. The Morgan fingerprint density at radius 3 is 2.50 bits per heavy atom. The van der Waals surface area contributed by atoms with Crippen molar-refractivity contribution in [2.45, 2.75) is 6.18 Å². The molecule has 2 rings (SSSR count). The Balaban J connectivity index is 2.36. The summed E-state index contributed by atoms with van der Waals surface area (Å²) in [7, 11) is 1.29. The van der Waals surface area contributed by atoms with Gasteiger partial charge in [-0.15, -0.1) is 0 Å². The summed E-state index contributed by atoms with van der Waals surface area (Å²) in [5, 5.41) is 2.31. The number of amides is 1. The second-order valence-corrected chi connectivity index (χ2v) is 5.13. The molecule has 4 nitrogen and oxygen atoms in total. The Labute approximate surface area is 139 Å². The van der Waals surface area contributed by atoms with E-state index in [1.54, 1.807) is 0 Å². The third-order valence-corrected chi connectivity index (χ3v) is 3.42. The zero-order valence-corrected chi connectivity index (χ0v) is 12.9. The van der Waals surface area contributed by atoms with Gasteiger partial charge in [-0.05, 0) is 24.3 Å². The molecule has 0 aliphatic carbocycles. The topological polar surface area (TPSA) is 64.3 Å². The number of nitrogen functional groups attached to an aromatic ring is 1. The maximum atomic E-state index is 13.3. The molecule has 0 aliphatic rings. The standard InChI is InChI=1S/C15H11ClF4N2O2/c1-24-13-6-12(21)10(16)5-8(13)14(23)22-7-2-3-11(17)9(4-7)15(18,19)20/h2-6H,21H2,1H3,(H,22,23). The molecule has 0 fully saturated rings. The van der Waals surface area contributed by atoms with E-state index in [0.717, 1.165) is 6.07 Å². The van der Waals surface area contributed by atoms with Gasteiger partial charge in [0.25, 0.3) is 5.91 Å². The van der Waals surface area contributed by atoms with Crippen LogP contribution in [0.25, 0.3) is 0 Å². The molecule has 0 atom stereocenters. The van der Waals surface area contributed by atoms with Crippen LogP contribution in [0.2, 0.25) is 5.02 Å². The Bertz CT molecular complexity index is 794. The molecule has 9 heteroatoms. The number of benzene rings is 2. The predicted molar refractivity (Wildman–Crippen MR) is 81.8 cm³/mol. The first kappa shape index (κ1) is 17.9. The molecule has 0 heterocycles. The van der Waals surface area contributed by atoms with Gasteiger partial charge in [0, 0.05) is 11.8 Å². The fourth-order valence-corrected chi connectivity index (χ4v) is 2.10. The van der Waals surface area contributed by atoms with Crippen molar-refractivity contribution >= 4 is 28.9 Å². The van der Waals surface area contributed by atoms with Crippen molar-refractivity contribution in [3.05, 3.63) is 52.3 Å².